The molecule has 1 aromatic carbocycles. The third-order valence-corrected chi connectivity index (χ3v) is 2.88. The molecule has 1 aliphatic heterocycles. The minimum absolute atomic E-state index is 0.00815. The van der Waals surface area contributed by atoms with Crippen molar-refractivity contribution >= 4 is 11.6 Å². The van der Waals surface area contributed by atoms with Crippen LogP contribution in [0.4, 0.5) is 10.1 Å². The normalized spacial score (nSPS) is 20.2. The number of amides is 1. The maximum Gasteiger partial charge on any atom is 0.243 e. The minimum atomic E-state index is -0.323. The van der Waals surface area contributed by atoms with Gasteiger partial charge < -0.3 is 5.73 Å². The van der Waals surface area contributed by atoms with E-state index in [0.717, 1.165) is 0 Å². The van der Waals surface area contributed by atoms with Gasteiger partial charge in [0.25, 0.3) is 0 Å². The molecule has 17 heavy (non-hydrogen) atoms. The predicted octanol–water partition coefficient (Wildman–Crippen LogP) is 1.13. The summed E-state index contributed by atoms with van der Waals surface area (Å²) in [6.45, 7) is 2.68. The summed E-state index contributed by atoms with van der Waals surface area (Å²) in [7, 11) is 0. The van der Waals surface area contributed by atoms with Gasteiger partial charge in [0, 0.05) is 6.54 Å². The van der Waals surface area contributed by atoms with Crippen LogP contribution in [-0.2, 0) is 4.79 Å². The average molecular weight is 237 g/mol. The second-order valence-electron chi connectivity index (χ2n) is 4.15. The summed E-state index contributed by atoms with van der Waals surface area (Å²) in [6, 6.07) is 6.42. The van der Waals surface area contributed by atoms with Gasteiger partial charge in [-0.1, -0.05) is 12.1 Å². The van der Waals surface area contributed by atoms with Gasteiger partial charge in [-0.15, -0.1) is 0 Å². The maximum atomic E-state index is 13.7. The van der Waals surface area contributed by atoms with Gasteiger partial charge in [-0.3, -0.25) is 14.8 Å². The summed E-state index contributed by atoms with van der Waals surface area (Å²) in [5.74, 6) is -0.331. The molecule has 0 bridgehead atoms. The quantitative estimate of drug-likeness (QED) is 0.857. The van der Waals surface area contributed by atoms with Crippen molar-refractivity contribution in [2.24, 2.45) is 5.73 Å². The number of nitrogens with two attached hydrogens (primary N) is 1. The first-order valence-corrected chi connectivity index (χ1v) is 5.69. The van der Waals surface area contributed by atoms with Crippen LogP contribution < -0.4 is 10.7 Å². The summed E-state index contributed by atoms with van der Waals surface area (Å²) in [5.41, 5.74) is 5.91. The molecule has 1 fully saturated rings. The Labute approximate surface area is 99.8 Å². The van der Waals surface area contributed by atoms with E-state index < -0.39 is 0 Å². The third-order valence-electron chi connectivity index (χ3n) is 2.88. The molecule has 0 radical (unpaired) electrons. The first kappa shape index (κ1) is 11.9. The summed E-state index contributed by atoms with van der Waals surface area (Å²) >= 11 is 0. The molecule has 2 N–H and O–H groups in total. The fraction of sp³-hybridized carbons (Fsp3) is 0.417. The molecule has 1 heterocycles. The third kappa shape index (κ3) is 2.10. The van der Waals surface area contributed by atoms with Gasteiger partial charge in [-0.2, -0.15) is 0 Å². The monoisotopic (exact) mass is 237 g/mol. The van der Waals surface area contributed by atoms with Crippen molar-refractivity contribution in [3.8, 4) is 0 Å². The van der Waals surface area contributed by atoms with Crippen LogP contribution in [0.5, 0.6) is 0 Å². The Balaban J connectivity index is 2.35. The summed E-state index contributed by atoms with van der Waals surface area (Å²) in [5, 5.41) is 3.23. The molecule has 0 aromatic heterocycles. The van der Waals surface area contributed by atoms with Crippen LogP contribution >= 0.6 is 0 Å². The highest BCUT2D eigenvalue weighted by Crippen LogP contribution is 2.29. The van der Waals surface area contributed by atoms with Gasteiger partial charge >= 0.3 is 0 Å². The van der Waals surface area contributed by atoms with E-state index in [2.05, 4.69) is 0 Å². The van der Waals surface area contributed by atoms with Crippen LogP contribution in [0.1, 0.15) is 13.3 Å². The molecule has 1 saturated heterocycles. The Morgan fingerprint density at radius 1 is 1.47 bits per heavy atom. The topological polar surface area (TPSA) is 49.6 Å². The summed E-state index contributed by atoms with van der Waals surface area (Å²) in [6.07, 6.45) is 0.397. The van der Waals surface area contributed by atoms with Crippen molar-refractivity contribution in [3.05, 3.63) is 30.1 Å². The number of nitrogens with zero attached hydrogens (tertiary/aromatic N) is 2. The van der Waals surface area contributed by atoms with Crippen molar-refractivity contribution < 1.29 is 9.18 Å². The molecule has 1 atom stereocenters. The van der Waals surface area contributed by atoms with Gasteiger partial charge in [-0.25, -0.2) is 4.39 Å². The van der Waals surface area contributed by atoms with Crippen molar-refractivity contribution in [1.82, 2.24) is 5.01 Å². The van der Waals surface area contributed by atoms with Crippen LogP contribution in [0.25, 0.3) is 0 Å². The highest BCUT2D eigenvalue weighted by molar-refractivity contribution is 5.82. The number of para-hydroxylation sites is 1. The molecule has 2 rings (SSSR count). The number of hydrogen-bond donors (Lipinski definition) is 1. The fourth-order valence-corrected chi connectivity index (χ4v) is 2.16. The number of anilines is 1. The van der Waals surface area contributed by atoms with E-state index in [9.17, 15) is 9.18 Å². The van der Waals surface area contributed by atoms with Crippen molar-refractivity contribution in [2.45, 2.75) is 19.4 Å². The lowest BCUT2D eigenvalue weighted by molar-refractivity contribution is -0.128. The molecule has 4 nitrogen and oxygen atoms in total. The van der Waals surface area contributed by atoms with Gasteiger partial charge in [0.1, 0.15) is 5.82 Å². The number of carbonyl (C=O) groups excluding carboxylic acids is 1. The Morgan fingerprint density at radius 2 is 2.18 bits per heavy atom. The lowest BCUT2D eigenvalue weighted by atomic mass is 10.2. The van der Waals surface area contributed by atoms with E-state index in [-0.39, 0.29) is 17.8 Å². The van der Waals surface area contributed by atoms with Gasteiger partial charge in [0.05, 0.1) is 24.7 Å². The van der Waals surface area contributed by atoms with Crippen LogP contribution in [0.3, 0.4) is 0 Å². The zero-order valence-corrected chi connectivity index (χ0v) is 9.77. The van der Waals surface area contributed by atoms with Crippen LogP contribution in [0, 0.1) is 5.82 Å². The zero-order valence-electron chi connectivity index (χ0n) is 9.77. The maximum absolute atomic E-state index is 13.7. The van der Waals surface area contributed by atoms with Crippen LogP contribution in [-0.4, -0.2) is 30.0 Å². The SMILES string of the molecule is CC1CC(=O)N(CCN)N1c1ccccc1F. The Morgan fingerprint density at radius 3 is 2.82 bits per heavy atom. The smallest absolute Gasteiger partial charge is 0.243 e. The molecule has 1 aliphatic rings. The fourth-order valence-electron chi connectivity index (χ4n) is 2.16. The number of hydrazine groups is 1. The molecular weight excluding hydrogens is 221 g/mol. The van der Waals surface area contributed by atoms with Gasteiger partial charge in [0.15, 0.2) is 0 Å². The molecule has 92 valence electrons. The molecule has 0 saturated carbocycles. The molecule has 1 aromatic rings. The standard InChI is InChI=1S/C12H16FN3O/c1-9-8-12(17)15(7-6-14)16(9)11-5-3-2-4-10(11)13/h2-5,9H,6-8,14H2,1H3. The van der Waals surface area contributed by atoms with Crippen molar-refractivity contribution in [2.75, 3.05) is 18.1 Å². The van der Waals surface area contributed by atoms with E-state index in [1.807, 2.05) is 6.92 Å². The molecule has 1 unspecified atom stereocenters. The molecule has 0 aliphatic carbocycles. The zero-order chi connectivity index (χ0) is 12.4. The first-order chi connectivity index (χ1) is 8.15. The molecule has 0 spiro atoms. The summed E-state index contributed by atoms with van der Waals surface area (Å²) in [4.78, 5) is 11.8. The first-order valence-electron chi connectivity index (χ1n) is 5.69. The van der Waals surface area contributed by atoms with Crippen molar-refractivity contribution in [3.63, 3.8) is 0 Å². The largest absolute Gasteiger partial charge is 0.329 e. The number of benzene rings is 1. The number of halogens is 1. The molecule has 1 amide bonds. The highest BCUT2D eigenvalue weighted by Gasteiger charge is 2.35. The number of hydrogen-bond acceptors (Lipinski definition) is 3. The van der Waals surface area contributed by atoms with E-state index in [1.165, 1.54) is 11.1 Å². The Bertz CT molecular complexity index is 424. The van der Waals surface area contributed by atoms with Gasteiger partial charge in [-0.05, 0) is 19.1 Å². The number of carbonyl (C=O) groups is 1. The van der Waals surface area contributed by atoms with Crippen molar-refractivity contribution in [1.29, 1.82) is 0 Å². The minimum Gasteiger partial charge on any atom is -0.329 e. The molecular formula is C12H16FN3O. The van der Waals surface area contributed by atoms with E-state index >= 15 is 0 Å². The highest BCUT2D eigenvalue weighted by atomic mass is 19.1. The second kappa shape index (κ2) is 4.71. The Hall–Kier alpha value is -1.62. The second-order valence-corrected chi connectivity index (χ2v) is 4.15. The van der Waals surface area contributed by atoms with Crippen LogP contribution in [0.15, 0.2) is 24.3 Å². The number of rotatable bonds is 3. The van der Waals surface area contributed by atoms with Gasteiger partial charge in [0.2, 0.25) is 5.91 Å². The molecule has 5 heteroatoms. The average Bonchev–Trinajstić information content (AvgIpc) is 2.56. The Kier molecular flexibility index (Phi) is 3.28. The lowest BCUT2D eigenvalue weighted by Crippen LogP contribution is -2.44. The summed E-state index contributed by atoms with van der Waals surface area (Å²) < 4.78 is 13.7. The lowest BCUT2D eigenvalue weighted by Gasteiger charge is -2.32. The van der Waals surface area contributed by atoms with Crippen LogP contribution in [0.2, 0.25) is 0 Å². The predicted molar refractivity (Wildman–Crippen MR) is 63.7 cm³/mol. The van der Waals surface area contributed by atoms with E-state index in [0.29, 0.717) is 25.2 Å². The van der Waals surface area contributed by atoms with E-state index in [4.69, 9.17) is 5.73 Å². The van der Waals surface area contributed by atoms with E-state index in [1.54, 1.807) is 23.2 Å².